The van der Waals surface area contributed by atoms with Crippen LogP contribution in [0.15, 0.2) is 23.2 Å². The summed E-state index contributed by atoms with van der Waals surface area (Å²) in [5.41, 5.74) is 0.894. The van der Waals surface area contributed by atoms with Gasteiger partial charge in [0.15, 0.2) is 5.96 Å². The Morgan fingerprint density at radius 2 is 2.00 bits per heavy atom. The summed E-state index contributed by atoms with van der Waals surface area (Å²) in [6, 6.07) is 5.67. The molecule has 0 aliphatic rings. The Kier molecular flexibility index (Phi) is 13.8. The van der Waals surface area contributed by atoms with Crippen LogP contribution in [0.3, 0.4) is 0 Å². The van der Waals surface area contributed by atoms with Crippen LogP contribution < -0.4 is 15.4 Å². The zero-order valence-electron chi connectivity index (χ0n) is 14.0. The van der Waals surface area contributed by atoms with Crippen LogP contribution in [0.2, 0.25) is 0 Å². The highest BCUT2D eigenvalue weighted by molar-refractivity contribution is 14.0. The Hall–Kier alpha value is -1.13. The van der Waals surface area contributed by atoms with Gasteiger partial charge in [0.05, 0.1) is 32.6 Å². The number of rotatable bonds is 10. The van der Waals surface area contributed by atoms with E-state index in [1.54, 1.807) is 21.3 Å². The number of aromatic nitrogens is 1. The summed E-state index contributed by atoms with van der Waals surface area (Å²) in [6.07, 6.45) is 0.905. The van der Waals surface area contributed by atoms with Gasteiger partial charge >= 0.3 is 0 Å². The molecule has 132 valence electrons. The first kappa shape index (κ1) is 21.9. The van der Waals surface area contributed by atoms with E-state index in [0.717, 1.165) is 24.6 Å². The number of aliphatic imine (C=N–C) groups is 1. The van der Waals surface area contributed by atoms with E-state index in [9.17, 15) is 0 Å². The van der Waals surface area contributed by atoms with E-state index in [1.165, 1.54) is 0 Å². The lowest BCUT2D eigenvalue weighted by Crippen LogP contribution is -2.37. The van der Waals surface area contributed by atoms with Crippen molar-refractivity contribution in [2.24, 2.45) is 4.99 Å². The topological polar surface area (TPSA) is 77.0 Å². The molecule has 8 heteroatoms. The Morgan fingerprint density at radius 1 is 1.17 bits per heavy atom. The van der Waals surface area contributed by atoms with Crippen molar-refractivity contribution in [1.82, 2.24) is 15.6 Å². The monoisotopic (exact) mass is 438 g/mol. The van der Waals surface area contributed by atoms with Crippen LogP contribution in [-0.4, -0.2) is 58.6 Å². The van der Waals surface area contributed by atoms with Crippen LogP contribution in [-0.2, 0) is 16.0 Å². The van der Waals surface area contributed by atoms with Crippen molar-refractivity contribution in [3.8, 4) is 5.88 Å². The molecule has 7 nitrogen and oxygen atoms in total. The summed E-state index contributed by atoms with van der Waals surface area (Å²) >= 11 is 0. The maximum absolute atomic E-state index is 5.40. The molecule has 1 aromatic rings. The van der Waals surface area contributed by atoms with E-state index in [4.69, 9.17) is 14.2 Å². The zero-order valence-corrected chi connectivity index (χ0v) is 16.3. The lowest BCUT2D eigenvalue weighted by molar-refractivity contribution is 0.0698. The van der Waals surface area contributed by atoms with E-state index in [0.29, 0.717) is 32.2 Å². The molecule has 1 rings (SSSR count). The van der Waals surface area contributed by atoms with Crippen molar-refractivity contribution in [2.45, 2.75) is 13.0 Å². The largest absolute Gasteiger partial charge is 0.481 e. The molecule has 23 heavy (non-hydrogen) atoms. The van der Waals surface area contributed by atoms with Crippen molar-refractivity contribution >= 4 is 29.9 Å². The maximum atomic E-state index is 5.40. The van der Waals surface area contributed by atoms with Gasteiger partial charge in [0.1, 0.15) is 0 Å². The second kappa shape index (κ2) is 14.5. The summed E-state index contributed by atoms with van der Waals surface area (Å²) in [4.78, 5) is 8.50. The zero-order chi connectivity index (χ0) is 16.0. The molecule has 0 aliphatic heterocycles. The third-order valence-corrected chi connectivity index (χ3v) is 2.84. The van der Waals surface area contributed by atoms with Gasteiger partial charge in [0.25, 0.3) is 0 Å². The van der Waals surface area contributed by atoms with Gasteiger partial charge in [-0.15, -0.1) is 24.0 Å². The quantitative estimate of drug-likeness (QED) is 0.249. The third-order valence-electron chi connectivity index (χ3n) is 2.84. The van der Waals surface area contributed by atoms with Crippen molar-refractivity contribution in [1.29, 1.82) is 0 Å². The number of guanidine groups is 1. The maximum Gasteiger partial charge on any atom is 0.213 e. The van der Waals surface area contributed by atoms with Crippen LogP contribution >= 0.6 is 24.0 Å². The van der Waals surface area contributed by atoms with Gasteiger partial charge in [0, 0.05) is 33.4 Å². The summed E-state index contributed by atoms with van der Waals surface area (Å²) < 4.78 is 15.4. The Balaban J connectivity index is 0.00000484. The second-order valence-corrected chi connectivity index (χ2v) is 4.48. The molecule has 0 spiro atoms. The summed E-state index contributed by atoms with van der Waals surface area (Å²) in [5, 5.41) is 6.44. The molecule has 0 saturated carbocycles. The number of hydrogen-bond acceptors (Lipinski definition) is 5. The fourth-order valence-corrected chi connectivity index (χ4v) is 1.69. The predicted octanol–water partition coefficient (Wildman–Crippen LogP) is 1.43. The van der Waals surface area contributed by atoms with E-state index >= 15 is 0 Å². The molecule has 0 radical (unpaired) electrons. The first-order valence-corrected chi connectivity index (χ1v) is 7.31. The Morgan fingerprint density at radius 3 is 2.70 bits per heavy atom. The summed E-state index contributed by atoms with van der Waals surface area (Å²) in [6.45, 7) is 3.33. The molecule has 1 aromatic heterocycles. The van der Waals surface area contributed by atoms with E-state index < -0.39 is 0 Å². The minimum absolute atomic E-state index is 0. The molecule has 1 heterocycles. The van der Waals surface area contributed by atoms with Crippen LogP contribution in [0.1, 0.15) is 12.1 Å². The molecule has 0 fully saturated rings. The van der Waals surface area contributed by atoms with E-state index in [1.807, 2.05) is 18.2 Å². The molecule has 0 aromatic carbocycles. The van der Waals surface area contributed by atoms with Crippen molar-refractivity contribution in [2.75, 3.05) is 47.6 Å². The Labute approximate surface area is 155 Å². The van der Waals surface area contributed by atoms with Crippen molar-refractivity contribution in [3.05, 3.63) is 23.9 Å². The standard InChI is InChI=1S/C15H26N4O3.HI/c1-16-15(17-8-5-9-22-11-10-20-2)18-12-13-6-4-7-14(19-13)21-3;/h4,6-7H,5,8-12H2,1-3H3,(H2,16,17,18);1H. The molecular weight excluding hydrogens is 411 g/mol. The third kappa shape index (κ3) is 10.3. The fourth-order valence-electron chi connectivity index (χ4n) is 1.69. The molecule has 0 saturated heterocycles. The minimum Gasteiger partial charge on any atom is -0.481 e. The van der Waals surface area contributed by atoms with Gasteiger partial charge in [-0.25, -0.2) is 4.98 Å². The fraction of sp³-hybridized carbons (Fsp3) is 0.600. The average Bonchev–Trinajstić information content (AvgIpc) is 2.57. The number of methoxy groups -OCH3 is 2. The normalized spacial score (nSPS) is 10.8. The van der Waals surface area contributed by atoms with Gasteiger partial charge in [-0.05, 0) is 12.5 Å². The second-order valence-electron chi connectivity index (χ2n) is 4.48. The highest BCUT2D eigenvalue weighted by Gasteiger charge is 2.00. The van der Waals surface area contributed by atoms with E-state index in [2.05, 4.69) is 20.6 Å². The van der Waals surface area contributed by atoms with Gasteiger partial charge in [-0.1, -0.05) is 6.07 Å². The van der Waals surface area contributed by atoms with E-state index in [-0.39, 0.29) is 24.0 Å². The number of nitrogens with one attached hydrogen (secondary N) is 2. The molecule has 0 bridgehead atoms. The predicted molar refractivity (Wildman–Crippen MR) is 102 cm³/mol. The number of nitrogens with zero attached hydrogens (tertiary/aromatic N) is 2. The van der Waals surface area contributed by atoms with Crippen LogP contribution in [0, 0.1) is 0 Å². The van der Waals surface area contributed by atoms with Gasteiger partial charge in [-0.3, -0.25) is 4.99 Å². The number of pyridine rings is 1. The smallest absolute Gasteiger partial charge is 0.213 e. The van der Waals surface area contributed by atoms with Gasteiger partial charge < -0.3 is 24.8 Å². The SMILES string of the molecule is CN=C(NCCCOCCOC)NCc1cccc(OC)n1.I. The molecule has 2 N–H and O–H groups in total. The Bertz CT molecular complexity index is 446. The highest BCUT2D eigenvalue weighted by Crippen LogP contribution is 2.05. The first-order valence-electron chi connectivity index (χ1n) is 7.31. The molecule has 0 atom stereocenters. The minimum atomic E-state index is 0. The van der Waals surface area contributed by atoms with Crippen molar-refractivity contribution < 1.29 is 14.2 Å². The molecular formula is C15H27IN4O3. The van der Waals surface area contributed by atoms with Gasteiger partial charge in [0.2, 0.25) is 5.88 Å². The lowest BCUT2D eigenvalue weighted by atomic mass is 10.3. The first-order chi connectivity index (χ1) is 10.8. The highest BCUT2D eigenvalue weighted by atomic mass is 127. The van der Waals surface area contributed by atoms with Crippen molar-refractivity contribution in [3.63, 3.8) is 0 Å². The lowest BCUT2D eigenvalue weighted by Gasteiger charge is -2.12. The molecule has 0 unspecified atom stereocenters. The van der Waals surface area contributed by atoms with Crippen LogP contribution in [0.25, 0.3) is 0 Å². The number of hydrogen-bond donors (Lipinski definition) is 2. The molecule has 0 aliphatic carbocycles. The summed E-state index contributed by atoms with van der Waals surface area (Å²) in [7, 11) is 5.01. The van der Waals surface area contributed by atoms with Crippen LogP contribution in [0.5, 0.6) is 5.88 Å². The average molecular weight is 438 g/mol. The molecule has 0 amide bonds. The number of halogens is 1. The van der Waals surface area contributed by atoms with Crippen LogP contribution in [0.4, 0.5) is 0 Å². The van der Waals surface area contributed by atoms with Gasteiger partial charge in [-0.2, -0.15) is 0 Å². The summed E-state index contributed by atoms with van der Waals surface area (Å²) in [5.74, 6) is 1.34. The number of ether oxygens (including phenoxy) is 3.